The van der Waals surface area contributed by atoms with E-state index in [-0.39, 0.29) is 12.0 Å². The third kappa shape index (κ3) is 3.70. The number of aryl methyl sites for hydroxylation is 1. The molecule has 9 heteroatoms. The number of fused-ring (bicyclic) bond motifs is 1. The lowest BCUT2D eigenvalue weighted by atomic mass is 9.89. The van der Waals surface area contributed by atoms with E-state index in [0.717, 1.165) is 6.42 Å². The van der Waals surface area contributed by atoms with E-state index in [2.05, 4.69) is 20.5 Å². The molecule has 2 aromatic heterocycles. The molecule has 2 amide bonds. The lowest BCUT2D eigenvalue weighted by molar-refractivity contribution is -0.146. The molecule has 1 saturated heterocycles. The highest BCUT2D eigenvalue weighted by molar-refractivity contribution is 6.39. The molecule has 3 aromatic rings. The molecule has 156 valence electrons. The van der Waals surface area contributed by atoms with Gasteiger partial charge in [-0.15, -0.1) is 0 Å². The van der Waals surface area contributed by atoms with E-state index in [1.54, 1.807) is 19.2 Å². The molecule has 1 fully saturated rings. The number of halogens is 1. The maximum Gasteiger partial charge on any atom is 0.313 e. The van der Waals surface area contributed by atoms with Crippen LogP contribution in [0.5, 0.6) is 0 Å². The van der Waals surface area contributed by atoms with Crippen molar-refractivity contribution in [3.8, 4) is 0 Å². The van der Waals surface area contributed by atoms with Crippen LogP contribution in [0.15, 0.2) is 30.6 Å². The normalized spacial score (nSPS) is 19.1. The van der Waals surface area contributed by atoms with Crippen molar-refractivity contribution in [2.75, 3.05) is 17.6 Å². The minimum Gasteiger partial charge on any atom is -0.383 e. The van der Waals surface area contributed by atoms with E-state index in [1.165, 1.54) is 17.2 Å². The van der Waals surface area contributed by atoms with Crippen LogP contribution < -0.4 is 11.1 Å². The van der Waals surface area contributed by atoms with Gasteiger partial charge in [-0.3, -0.25) is 14.7 Å². The molecule has 0 saturated carbocycles. The topological polar surface area (TPSA) is 117 Å². The van der Waals surface area contributed by atoms with Gasteiger partial charge < -0.3 is 16.0 Å². The summed E-state index contributed by atoms with van der Waals surface area (Å²) < 4.78 is 14.5. The van der Waals surface area contributed by atoms with Crippen LogP contribution in [0.1, 0.15) is 36.9 Å². The van der Waals surface area contributed by atoms with Crippen LogP contribution in [0.25, 0.3) is 10.9 Å². The predicted molar refractivity (Wildman–Crippen MR) is 111 cm³/mol. The zero-order valence-corrected chi connectivity index (χ0v) is 16.8. The van der Waals surface area contributed by atoms with Crippen LogP contribution in [-0.2, 0) is 9.59 Å². The van der Waals surface area contributed by atoms with E-state index in [1.807, 2.05) is 13.0 Å². The van der Waals surface area contributed by atoms with Crippen LogP contribution in [0.4, 0.5) is 15.9 Å². The smallest absolute Gasteiger partial charge is 0.313 e. The first kappa shape index (κ1) is 19.8. The van der Waals surface area contributed by atoms with Crippen molar-refractivity contribution in [2.45, 2.75) is 32.7 Å². The highest BCUT2D eigenvalue weighted by atomic mass is 19.1. The fourth-order valence-electron chi connectivity index (χ4n) is 3.92. The number of hydrogen-bond donors (Lipinski definition) is 3. The summed E-state index contributed by atoms with van der Waals surface area (Å²) in [6, 6.07) is 4.49. The molecule has 2 atom stereocenters. The molecule has 1 aliphatic heterocycles. The van der Waals surface area contributed by atoms with Gasteiger partial charge in [0.05, 0.1) is 24.1 Å². The molecule has 4 N–H and O–H groups in total. The summed E-state index contributed by atoms with van der Waals surface area (Å²) in [5, 5.41) is 9.73. The number of hydrogen-bond acceptors (Lipinski definition) is 5. The number of aromatic amines is 1. The van der Waals surface area contributed by atoms with Gasteiger partial charge in [0.1, 0.15) is 17.2 Å². The Bertz CT molecular complexity index is 1130. The van der Waals surface area contributed by atoms with Gasteiger partial charge in [-0.25, -0.2) is 9.37 Å². The number of aromatic nitrogens is 3. The summed E-state index contributed by atoms with van der Waals surface area (Å²) in [5.41, 5.74) is 7.78. The van der Waals surface area contributed by atoms with Gasteiger partial charge in [-0.1, -0.05) is 6.92 Å². The average molecular weight is 410 g/mol. The van der Waals surface area contributed by atoms with Crippen molar-refractivity contribution in [1.82, 2.24) is 20.1 Å². The second-order valence-electron chi connectivity index (χ2n) is 7.87. The first-order valence-electron chi connectivity index (χ1n) is 9.80. The molecule has 4 rings (SSSR count). The average Bonchev–Trinajstić information content (AvgIpc) is 3.19. The lowest BCUT2D eigenvalue weighted by Crippen LogP contribution is -2.46. The first-order chi connectivity index (χ1) is 14.3. The molecule has 30 heavy (non-hydrogen) atoms. The number of carbonyl (C=O) groups excluding carboxylic acids is 2. The summed E-state index contributed by atoms with van der Waals surface area (Å²) in [4.78, 5) is 31.2. The number of nitrogen functional groups attached to an aromatic ring is 1. The molecule has 1 aliphatic rings. The molecule has 8 nitrogen and oxygen atoms in total. The third-order valence-electron chi connectivity index (χ3n) is 5.56. The second kappa shape index (κ2) is 7.74. The number of nitrogens with one attached hydrogen (secondary N) is 2. The Balaban J connectivity index is 1.60. The number of piperidine rings is 1. The van der Waals surface area contributed by atoms with Gasteiger partial charge >= 0.3 is 11.8 Å². The number of pyridine rings is 1. The number of rotatable bonds is 2. The van der Waals surface area contributed by atoms with Gasteiger partial charge in [0.2, 0.25) is 0 Å². The number of benzene rings is 1. The maximum absolute atomic E-state index is 14.5. The predicted octanol–water partition coefficient (Wildman–Crippen LogP) is 2.93. The van der Waals surface area contributed by atoms with Gasteiger partial charge in [0.25, 0.3) is 0 Å². The molecular formula is C21H23FN6O2. The molecule has 0 radical (unpaired) electrons. The fraction of sp³-hybridized carbons (Fsp3) is 0.333. The standard InChI is InChI=1S/C21H23FN6O2/c1-11-3-4-17(13-6-14-8-25-27-18(14)16(22)7-13)28(10-11)21(30)20(29)26-15-5-12(2)19(23)24-9-15/h5-9,11,17H,3-4,10H2,1-2H3,(H2,23,24)(H,25,27)(H,26,29). The first-order valence-corrected chi connectivity index (χ1v) is 9.80. The van der Waals surface area contributed by atoms with Crippen molar-refractivity contribution in [1.29, 1.82) is 0 Å². The zero-order valence-electron chi connectivity index (χ0n) is 16.8. The summed E-state index contributed by atoms with van der Waals surface area (Å²) in [6.07, 6.45) is 4.47. The van der Waals surface area contributed by atoms with E-state index in [4.69, 9.17) is 5.73 Å². The number of nitrogens with zero attached hydrogens (tertiary/aromatic N) is 3. The number of nitrogens with two attached hydrogens (primary N) is 1. The zero-order chi connectivity index (χ0) is 21.4. The van der Waals surface area contributed by atoms with Crippen LogP contribution in [-0.4, -0.2) is 38.4 Å². The number of amides is 2. The van der Waals surface area contributed by atoms with Crippen LogP contribution in [0, 0.1) is 18.7 Å². The Labute approximate surface area is 172 Å². The summed E-state index contributed by atoms with van der Waals surface area (Å²) in [7, 11) is 0. The van der Waals surface area contributed by atoms with Crippen molar-refractivity contribution in [3.05, 3.63) is 47.5 Å². The van der Waals surface area contributed by atoms with Crippen molar-refractivity contribution in [2.24, 2.45) is 5.92 Å². The Morgan fingerprint density at radius 3 is 2.83 bits per heavy atom. The van der Waals surface area contributed by atoms with Crippen molar-refractivity contribution < 1.29 is 14.0 Å². The minimum atomic E-state index is -0.759. The molecule has 2 unspecified atom stereocenters. The third-order valence-corrected chi connectivity index (χ3v) is 5.56. The summed E-state index contributed by atoms with van der Waals surface area (Å²) in [6.45, 7) is 4.21. The van der Waals surface area contributed by atoms with E-state index in [0.29, 0.717) is 46.5 Å². The molecule has 0 aliphatic carbocycles. The summed E-state index contributed by atoms with van der Waals surface area (Å²) >= 11 is 0. The Morgan fingerprint density at radius 2 is 2.07 bits per heavy atom. The highest BCUT2D eigenvalue weighted by Gasteiger charge is 2.34. The number of anilines is 2. The lowest BCUT2D eigenvalue weighted by Gasteiger charge is -2.38. The Kier molecular flexibility index (Phi) is 5.11. The molecule has 0 spiro atoms. The highest BCUT2D eigenvalue weighted by Crippen LogP contribution is 2.35. The Hall–Kier alpha value is -3.49. The van der Waals surface area contributed by atoms with Crippen molar-refractivity contribution in [3.63, 3.8) is 0 Å². The minimum absolute atomic E-state index is 0.237. The maximum atomic E-state index is 14.5. The van der Waals surface area contributed by atoms with E-state index < -0.39 is 17.6 Å². The number of H-pyrrole nitrogens is 1. The molecule has 0 bridgehead atoms. The number of carbonyl (C=O) groups is 2. The fourth-order valence-corrected chi connectivity index (χ4v) is 3.92. The van der Waals surface area contributed by atoms with E-state index in [9.17, 15) is 14.0 Å². The van der Waals surface area contributed by atoms with Gasteiger partial charge in [-0.2, -0.15) is 5.10 Å². The molecule has 1 aromatic carbocycles. The van der Waals surface area contributed by atoms with E-state index >= 15 is 0 Å². The van der Waals surface area contributed by atoms with Crippen molar-refractivity contribution >= 4 is 34.2 Å². The van der Waals surface area contributed by atoms with Crippen LogP contribution >= 0.6 is 0 Å². The Morgan fingerprint density at radius 1 is 1.27 bits per heavy atom. The second-order valence-corrected chi connectivity index (χ2v) is 7.87. The van der Waals surface area contributed by atoms with Crippen LogP contribution in [0.2, 0.25) is 0 Å². The van der Waals surface area contributed by atoms with Gasteiger partial charge in [0.15, 0.2) is 0 Å². The summed E-state index contributed by atoms with van der Waals surface area (Å²) in [5.74, 6) is -1.25. The van der Waals surface area contributed by atoms with Gasteiger partial charge in [-0.05, 0) is 55.0 Å². The molecule has 3 heterocycles. The van der Waals surface area contributed by atoms with Gasteiger partial charge in [0, 0.05) is 11.9 Å². The number of likely N-dealkylation sites (tertiary alicyclic amines) is 1. The quantitative estimate of drug-likeness (QED) is 0.562. The monoisotopic (exact) mass is 410 g/mol. The SMILES string of the molecule is Cc1cc(NC(=O)C(=O)N2CC(C)CCC2c2cc(F)c3[nH]ncc3c2)cnc1N. The largest absolute Gasteiger partial charge is 0.383 e. The van der Waals surface area contributed by atoms with Crippen LogP contribution in [0.3, 0.4) is 0 Å². The molecular weight excluding hydrogens is 387 g/mol.